The third kappa shape index (κ3) is 2.52. The summed E-state index contributed by atoms with van der Waals surface area (Å²) in [6.45, 7) is 10.8. The second-order valence-corrected chi connectivity index (χ2v) is 6.28. The van der Waals surface area contributed by atoms with Gasteiger partial charge in [-0.2, -0.15) is 0 Å². The van der Waals surface area contributed by atoms with Gasteiger partial charge >= 0.3 is 0 Å². The van der Waals surface area contributed by atoms with Crippen LogP contribution >= 0.6 is 0 Å². The molecule has 1 amide bonds. The Hall–Kier alpha value is -1.05. The molecule has 2 aliphatic rings. The zero-order chi connectivity index (χ0) is 13.3. The van der Waals surface area contributed by atoms with Gasteiger partial charge in [-0.05, 0) is 56.1 Å². The van der Waals surface area contributed by atoms with Crippen LogP contribution in [0.4, 0.5) is 0 Å². The van der Waals surface area contributed by atoms with Crippen molar-refractivity contribution in [1.82, 2.24) is 4.90 Å². The van der Waals surface area contributed by atoms with E-state index in [4.69, 9.17) is 0 Å². The van der Waals surface area contributed by atoms with E-state index in [0.29, 0.717) is 11.3 Å². The Balaban J connectivity index is 1.92. The van der Waals surface area contributed by atoms with Crippen LogP contribution in [-0.2, 0) is 4.79 Å². The van der Waals surface area contributed by atoms with Crippen LogP contribution in [0.3, 0.4) is 0 Å². The fourth-order valence-corrected chi connectivity index (χ4v) is 3.38. The lowest BCUT2D eigenvalue weighted by Gasteiger charge is -2.28. The Labute approximate surface area is 111 Å². The van der Waals surface area contributed by atoms with Crippen LogP contribution in [0.1, 0.15) is 46.5 Å². The van der Waals surface area contributed by atoms with Gasteiger partial charge in [0.2, 0.25) is 5.91 Å². The van der Waals surface area contributed by atoms with E-state index in [2.05, 4.69) is 26.5 Å². The van der Waals surface area contributed by atoms with Crippen molar-refractivity contribution >= 4 is 5.91 Å². The lowest BCUT2D eigenvalue weighted by atomic mass is 9.78. The number of carbonyl (C=O) groups is 1. The van der Waals surface area contributed by atoms with Crippen LogP contribution in [0, 0.1) is 17.3 Å². The molecule has 3 atom stereocenters. The second kappa shape index (κ2) is 4.91. The minimum Gasteiger partial charge on any atom is -0.320 e. The molecule has 1 fully saturated rings. The molecule has 0 aromatic rings. The molecule has 0 N–H and O–H groups in total. The van der Waals surface area contributed by atoms with Gasteiger partial charge < -0.3 is 4.90 Å². The van der Waals surface area contributed by atoms with E-state index >= 15 is 0 Å². The van der Waals surface area contributed by atoms with E-state index in [1.54, 1.807) is 23.6 Å². The van der Waals surface area contributed by atoms with E-state index in [0.717, 1.165) is 12.5 Å². The van der Waals surface area contributed by atoms with Crippen LogP contribution in [0.2, 0.25) is 0 Å². The van der Waals surface area contributed by atoms with Crippen molar-refractivity contribution in [2.24, 2.45) is 17.3 Å². The normalized spacial score (nSPS) is 34.7. The van der Waals surface area contributed by atoms with Crippen molar-refractivity contribution in [2.75, 3.05) is 6.54 Å². The lowest BCUT2D eigenvalue weighted by Crippen LogP contribution is -2.28. The molecule has 0 spiro atoms. The van der Waals surface area contributed by atoms with Crippen molar-refractivity contribution in [3.8, 4) is 0 Å². The summed E-state index contributed by atoms with van der Waals surface area (Å²) in [6.07, 6.45) is 9.15. The molecular formula is C16H25NO. The lowest BCUT2D eigenvalue weighted by molar-refractivity contribution is -0.126. The van der Waals surface area contributed by atoms with Crippen LogP contribution < -0.4 is 0 Å². The molecule has 1 saturated carbocycles. The molecule has 0 heterocycles. The van der Waals surface area contributed by atoms with Gasteiger partial charge in [-0.1, -0.05) is 25.2 Å². The fourth-order valence-electron chi connectivity index (χ4n) is 3.38. The molecule has 0 aromatic heterocycles. The summed E-state index contributed by atoms with van der Waals surface area (Å²) in [4.78, 5) is 13.2. The first-order chi connectivity index (χ1) is 8.47. The maximum atomic E-state index is 11.4. The third-order valence-corrected chi connectivity index (χ3v) is 5.07. The average Bonchev–Trinajstić information content (AvgIpc) is 2.98. The van der Waals surface area contributed by atoms with E-state index in [-0.39, 0.29) is 5.91 Å². The van der Waals surface area contributed by atoms with Crippen LogP contribution in [-0.4, -0.2) is 17.4 Å². The molecular weight excluding hydrogens is 222 g/mol. The number of hydrogen-bond acceptors (Lipinski definition) is 1. The molecule has 0 bridgehead atoms. The maximum Gasteiger partial charge on any atom is 0.223 e. The second-order valence-electron chi connectivity index (χ2n) is 6.28. The van der Waals surface area contributed by atoms with Gasteiger partial charge in [0.1, 0.15) is 0 Å². The van der Waals surface area contributed by atoms with Gasteiger partial charge in [-0.15, -0.1) is 0 Å². The highest BCUT2D eigenvalue weighted by molar-refractivity contribution is 5.74. The van der Waals surface area contributed by atoms with E-state index < -0.39 is 0 Å². The minimum absolute atomic E-state index is 0.110. The number of rotatable bonds is 4. The van der Waals surface area contributed by atoms with Gasteiger partial charge in [0.15, 0.2) is 0 Å². The summed E-state index contributed by atoms with van der Waals surface area (Å²) < 4.78 is 0. The van der Waals surface area contributed by atoms with Gasteiger partial charge in [0.05, 0.1) is 0 Å². The summed E-state index contributed by atoms with van der Waals surface area (Å²) in [6, 6.07) is 0. The minimum atomic E-state index is 0.110. The van der Waals surface area contributed by atoms with Crippen LogP contribution in [0.25, 0.3) is 0 Å². The van der Waals surface area contributed by atoms with E-state index in [1.165, 1.54) is 25.7 Å². The predicted molar refractivity (Wildman–Crippen MR) is 74.9 cm³/mol. The Bertz CT molecular complexity index is 385. The Morgan fingerprint density at radius 2 is 2.39 bits per heavy atom. The first-order valence-corrected chi connectivity index (χ1v) is 7.02. The Kier molecular flexibility index (Phi) is 3.65. The average molecular weight is 247 g/mol. The zero-order valence-corrected chi connectivity index (χ0v) is 11.9. The van der Waals surface area contributed by atoms with Crippen LogP contribution in [0.15, 0.2) is 24.4 Å². The molecule has 0 radical (unpaired) electrons. The topological polar surface area (TPSA) is 20.3 Å². The largest absolute Gasteiger partial charge is 0.320 e. The molecule has 0 aromatic carbocycles. The summed E-state index contributed by atoms with van der Waals surface area (Å²) in [5.41, 5.74) is 2.00. The van der Waals surface area contributed by atoms with Gasteiger partial charge in [0, 0.05) is 13.5 Å². The number of hydrogen-bond donors (Lipinski definition) is 0. The van der Waals surface area contributed by atoms with E-state index in [9.17, 15) is 4.79 Å². The predicted octanol–water partition coefficient (Wildman–Crippen LogP) is 3.75. The number of nitrogens with zero attached hydrogens (tertiary/aromatic N) is 1. The van der Waals surface area contributed by atoms with Gasteiger partial charge in [0.25, 0.3) is 0 Å². The van der Waals surface area contributed by atoms with E-state index in [1.807, 2.05) is 0 Å². The van der Waals surface area contributed by atoms with Crippen LogP contribution in [0.5, 0.6) is 0 Å². The standard InChI is InChI=1S/C16H25NO/c1-5-17(13(3)18)11-15-10-16(15,4)14-8-6-12(2)7-9-14/h5-6,14-15H,1,7-11H2,2-4H3. The highest BCUT2D eigenvalue weighted by atomic mass is 16.2. The van der Waals surface area contributed by atoms with Crippen molar-refractivity contribution in [3.05, 3.63) is 24.4 Å². The molecule has 18 heavy (non-hydrogen) atoms. The first kappa shape index (κ1) is 13.4. The van der Waals surface area contributed by atoms with Gasteiger partial charge in [-0.25, -0.2) is 0 Å². The van der Waals surface area contributed by atoms with Gasteiger partial charge in [-0.3, -0.25) is 4.79 Å². The van der Waals surface area contributed by atoms with Crippen molar-refractivity contribution in [3.63, 3.8) is 0 Å². The van der Waals surface area contributed by atoms with Crippen molar-refractivity contribution in [1.29, 1.82) is 0 Å². The molecule has 0 saturated heterocycles. The monoisotopic (exact) mass is 247 g/mol. The summed E-state index contributed by atoms with van der Waals surface area (Å²) in [7, 11) is 0. The molecule has 3 unspecified atom stereocenters. The maximum absolute atomic E-state index is 11.4. The number of allylic oxidation sites excluding steroid dienone is 2. The van der Waals surface area contributed by atoms with Crippen molar-refractivity contribution < 1.29 is 4.79 Å². The Morgan fingerprint density at radius 1 is 1.67 bits per heavy atom. The summed E-state index contributed by atoms with van der Waals surface area (Å²) in [5.74, 6) is 1.58. The molecule has 0 aliphatic heterocycles. The number of carbonyl (C=O) groups excluding carboxylic acids is 1. The molecule has 2 nitrogen and oxygen atoms in total. The summed E-state index contributed by atoms with van der Waals surface area (Å²) >= 11 is 0. The number of amides is 1. The highest BCUT2D eigenvalue weighted by Crippen LogP contribution is 2.60. The third-order valence-electron chi connectivity index (χ3n) is 5.07. The molecule has 2 aliphatic carbocycles. The zero-order valence-electron chi connectivity index (χ0n) is 11.9. The fraction of sp³-hybridized carbons (Fsp3) is 0.688. The molecule has 2 heteroatoms. The molecule has 100 valence electrons. The SMILES string of the molecule is C=CN(CC1CC1(C)C1CC=C(C)CC1)C(C)=O. The first-order valence-electron chi connectivity index (χ1n) is 7.02. The summed E-state index contributed by atoms with van der Waals surface area (Å²) in [5, 5.41) is 0. The smallest absolute Gasteiger partial charge is 0.223 e. The van der Waals surface area contributed by atoms with Crippen molar-refractivity contribution in [2.45, 2.75) is 46.5 Å². The Morgan fingerprint density at radius 3 is 2.89 bits per heavy atom. The quantitative estimate of drug-likeness (QED) is 0.693. The molecule has 2 rings (SSSR count). The highest BCUT2D eigenvalue weighted by Gasteiger charge is 2.54.